The second-order valence-corrected chi connectivity index (χ2v) is 5.23. The number of likely N-dealkylation sites (N-methyl/N-ethyl adjacent to an activating group) is 1. The number of carbonyl (C=O) groups is 1. The van der Waals surface area contributed by atoms with Gasteiger partial charge >= 0.3 is 0 Å². The van der Waals surface area contributed by atoms with Crippen molar-refractivity contribution in [2.45, 2.75) is 19.4 Å². The van der Waals surface area contributed by atoms with E-state index < -0.39 is 11.4 Å². The van der Waals surface area contributed by atoms with E-state index in [-0.39, 0.29) is 18.0 Å². The van der Waals surface area contributed by atoms with Crippen LogP contribution in [0.4, 0.5) is 4.39 Å². The number of carbonyl (C=O) groups excluding carboxylic acids is 1. The Balaban J connectivity index is 2.38. The first-order valence-corrected chi connectivity index (χ1v) is 5.88. The molecule has 0 aliphatic heterocycles. The van der Waals surface area contributed by atoms with Gasteiger partial charge in [-0.3, -0.25) is 4.79 Å². The molecule has 0 aliphatic carbocycles. The Kier molecular flexibility index (Phi) is 3.28. The molecule has 0 fully saturated rings. The molecule has 0 radical (unpaired) electrons. The van der Waals surface area contributed by atoms with Crippen molar-refractivity contribution in [3.8, 4) is 0 Å². The smallest absolute Gasteiger partial charge is 0.256 e. The van der Waals surface area contributed by atoms with Crippen LogP contribution in [0.15, 0.2) is 18.5 Å². The molecule has 1 heterocycles. The number of aromatic amines is 1. The second kappa shape index (κ2) is 4.62. The number of halogens is 1. The Bertz CT molecular complexity index is 616. The zero-order valence-corrected chi connectivity index (χ0v) is 11.1. The molecule has 1 amide bonds. The molecular weight excluding hydrogens is 249 g/mol. The Morgan fingerprint density at radius 3 is 2.84 bits per heavy atom. The number of amides is 1. The molecule has 0 saturated carbocycles. The van der Waals surface area contributed by atoms with Gasteiger partial charge in [-0.15, -0.1) is 0 Å². The molecule has 0 saturated heterocycles. The van der Waals surface area contributed by atoms with Gasteiger partial charge in [0, 0.05) is 13.6 Å². The summed E-state index contributed by atoms with van der Waals surface area (Å²) in [5.74, 6) is -0.879. The standard InChI is InChI=1S/C13H16FN3O2/c1-13(2,19)6-17(3)12(18)9-4-8(14)5-10-11(9)16-7-15-10/h4-5,7,19H,6H2,1-3H3,(H,15,16). The maximum Gasteiger partial charge on any atom is 0.256 e. The van der Waals surface area contributed by atoms with Crippen LogP contribution in [0.5, 0.6) is 0 Å². The molecule has 0 spiro atoms. The normalized spacial score (nSPS) is 11.8. The lowest BCUT2D eigenvalue weighted by Crippen LogP contribution is -2.39. The van der Waals surface area contributed by atoms with Gasteiger partial charge < -0.3 is 15.0 Å². The molecule has 2 rings (SSSR count). The summed E-state index contributed by atoms with van der Waals surface area (Å²) in [7, 11) is 1.56. The lowest BCUT2D eigenvalue weighted by atomic mass is 10.1. The zero-order valence-electron chi connectivity index (χ0n) is 11.1. The molecule has 0 atom stereocenters. The quantitative estimate of drug-likeness (QED) is 0.884. The fraction of sp³-hybridized carbons (Fsp3) is 0.385. The number of hydrogen-bond donors (Lipinski definition) is 2. The predicted molar refractivity (Wildman–Crippen MR) is 69.3 cm³/mol. The minimum Gasteiger partial charge on any atom is -0.389 e. The third-order valence-electron chi connectivity index (χ3n) is 2.69. The summed E-state index contributed by atoms with van der Waals surface area (Å²) >= 11 is 0. The number of fused-ring (bicyclic) bond motifs is 1. The van der Waals surface area contributed by atoms with E-state index in [0.717, 1.165) is 6.07 Å². The number of aliphatic hydroxyl groups is 1. The van der Waals surface area contributed by atoms with E-state index in [1.165, 1.54) is 17.3 Å². The van der Waals surface area contributed by atoms with Crippen molar-refractivity contribution < 1.29 is 14.3 Å². The van der Waals surface area contributed by atoms with Gasteiger partial charge in [0.25, 0.3) is 5.91 Å². The van der Waals surface area contributed by atoms with Gasteiger partial charge in [-0.1, -0.05) is 0 Å². The van der Waals surface area contributed by atoms with Crippen LogP contribution in [0.3, 0.4) is 0 Å². The first kappa shape index (κ1) is 13.5. The summed E-state index contributed by atoms with van der Waals surface area (Å²) in [5, 5.41) is 9.72. The molecule has 1 aromatic heterocycles. The average molecular weight is 265 g/mol. The van der Waals surface area contributed by atoms with E-state index in [1.807, 2.05) is 0 Å². The predicted octanol–water partition coefficient (Wildman–Crippen LogP) is 1.54. The maximum absolute atomic E-state index is 13.5. The van der Waals surface area contributed by atoms with Crippen molar-refractivity contribution in [1.82, 2.24) is 14.9 Å². The minimum atomic E-state index is -1.01. The highest BCUT2D eigenvalue weighted by atomic mass is 19.1. The van der Waals surface area contributed by atoms with Crippen LogP contribution >= 0.6 is 0 Å². The van der Waals surface area contributed by atoms with Crippen LogP contribution in [-0.2, 0) is 0 Å². The van der Waals surface area contributed by atoms with Crippen LogP contribution in [-0.4, -0.2) is 45.1 Å². The minimum absolute atomic E-state index is 0.147. The molecule has 2 aromatic rings. The van der Waals surface area contributed by atoms with Crippen molar-refractivity contribution in [1.29, 1.82) is 0 Å². The summed E-state index contributed by atoms with van der Waals surface area (Å²) in [6.45, 7) is 3.35. The third kappa shape index (κ3) is 2.90. The first-order chi connectivity index (χ1) is 8.78. The van der Waals surface area contributed by atoms with Crippen LogP contribution < -0.4 is 0 Å². The lowest BCUT2D eigenvalue weighted by molar-refractivity contribution is 0.0368. The van der Waals surface area contributed by atoms with Gasteiger partial charge in [0.2, 0.25) is 0 Å². The van der Waals surface area contributed by atoms with E-state index in [0.29, 0.717) is 11.0 Å². The van der Waals surface area contributed by atoms with Gasteiger partial charge in [0.1, 0.15) is 11.3 Å². The monoisotopic (exact) mass is 265 g/mol. The highest BCUT2D eigenvalue weighted by molar-refractivity contribution is 6.04. The van der Waals surface area contributed by atoms with Crippen molar-refractivity contribution in [3.63, 3.8) is 0 Å². The van der Waals surface area contributed by atoms with Crippen LogP contribution in [0.1, 0.15) is 24.2 Å². The van der Waals surface area contributed by atoms with E-state index in [2.05, 4.69) is 9.97 Å². The number of imidazole rings is 1. The van der Waals surface area contributed by atoms with Gasteiger partial charge in [-0.05, 0) is 26.0 Å². The van der Waals surface area contributed by atoms with Crippen molar-refractivity contribution in [3.05, 3.63) is 29.8 Å². The fourth-order valence-electron chi connectivity index (χ4n) is 2.04. The Hall–Kier alpha value is -1.95. The zero-order chi connectivity index (χ0) is 14.2. The molecule has 6 heteroatoms. The molecule has 0 unspecified atom stereocenters. The van der Waals surface area contributed by atoms with Gasteiger partial charge in [-0.2, -0.15) is 0 Å². The topological polar surface area (TPSA) is 69.2 Å². The average Bonchev–Trinajstić information content (AvgIpc) is 2.72. The molecule has 0 bridgehead atoms. The van der Waals surface area contributed by atoms with E-state index in [1.54, 1.807) is 20.9 Å². The van der Waals surface area contributed by atoms with Crippen LogP contribution in [0.25, 0.3) is 11.0 Å². The summed E-state index contributed by atoms with van der Waals surface area (Å²) in [6.07, 6.45) is 1.41. The van der Waals surface area contributed by atoms with Crippen LogP contribution in [0, 0.1) is 5.82 Å². The molecule has 2 N–H and O–H groups in total. The van der Waals surface area contributed by atoms with E-state index in [4.69, 9.17) is 0 Å². The lowest BCUT2D eigenvalue weighted by Gasteiger charge is -2.25. The molecular formula is C13H16FN3O2. The SMILES string of the molecule is CN(CC(C)(C)O)C(=O)c1cc(F)cc2[nH]cnc12. The number of aromatic nitrogens is 2. The first-order valence-electron chi connectivity index (χ1n) is 5.88. The molecule has 0 aliphatic rings. The Morgan fingerprint density at radius 2 is 2.21 bits per heavy atom. The number of nitrogens with one attached hydrogen (secondary N) is 1. The van der Waals surface area contributed by atoms with E-state index in [9.17, 15) is 14.3 Å². The van der Waals surface area contributed by atoms with Crippen LogP contribution in [0.2, 0.25) is 0 Å². The summed E-state index contributed by atoms with van der Waals surface area (Å²) in [5.41, 5.74) is 0.0691. The fourth-order valence-corrected chi connectivity index (χ4v) is 2.04. The summed E-state index contributed by atoms with van der Waals surface area (Å²) in [6, 6.07) is 2.45. The van der Waals surface area contributed by atoms with Crippen molar-refractivity contribution in [2.24, 2.45) is 0 Å². The third-order valence-corrected chi connectivity index (χ3v) is 2.69. The number of H-pyrrole nitrogens is 1. The highest BCUT2D eigenvalue weighted by Gasteiger charge is 2.23. The van der Waals surface area contributed by atoms with Gasteiger partial charge in [0.05, 0.1) is 23.0 Å². The van der Waals surface area contributed by atoms with Gasteiger partial charge in [0.15, 0.2) is 0 Å². The number of rotatable bonds is 3. The molecule has 5 nitrogen and oxygen atoms in total. The maximum atomic E-state index is 13.5. The molecule has 102 valence electrons. The van der Waals surface area contributed by atoms with Crippen molar-refractivity contribution >= 4 is 16.9 Å². The van der Waals surface area contributed by atoms with E-state index >= 15 is 0 Å². The number of hydrogen-bond acceptors (Lipinski definition) is 3. The Morgan fingerprint density at radius 1 is 1.53 bits per heavy atom. The van der Waals surface area contributed by atoms with Gasteiger partial charge in [-0.25, -0.2) is 9.37 Å². The second-order valence-electron chi connectivity index (χ2n) is 5.23. The summed E-state index contributed by atoms with van der Waals surface area (Å²) < 4.78 is 13.5. The largest absolute Gasteiger partial charge is 0.389 e. The summed E-state index contributed by atoms with van der Waals surface area (Å²) in [4.78, 5) is 20.4. The van der Waals surface area contributed by atoms with Crippen molar-refractivity contribution in [2.75, 3.05) is 13.6 Å². The molecule has 1 aromatic carbocycles. The number of nitrogens with zero attached hydrogens (tertiary/aromatic N) is 2. The Labute approximate surface area is 110 Å². The number of benzene rings is 1. The highest BCUT2D eigenvalue weighted by Crippen LogP contribution is 2.19. The molecule has 19 heavy (non-hydrogen) atoms.